The van der Waals surface area contributed by atoms with E-state index in [1.54, 1.807) is 24.3 Å². The number of esters is 1. The molecule has 22 heavy (non-hydrogen) atoms. The van der Waals surface area contributed by atoms with Crippen LogP contribution >= 0.6 is 0 Å². The van der Waals surface area contributed by atoms with Crippen LogP contribution in [-0.2, 0) is 9.53 Å². The van der Waals surface area contributed by atoms with Gasteiger partial charge in [-0.05, 0) is 25.0 Å². The predicted octanol–water partition coefficient (Wildman–Crippen LogP) is 2.30. The Kier molecular flexibility index (Phi) is 4.95. The molecule has 0 aliphatic carbocycles. The lowest BCUT2D eigenvalue weighted by Crippen LogP contribution is -2.53. The summed E-state index contributed by atoms with van der Waals surface area (Å²) in [6.07, 6.45) is 2.51. The van der Waals surface area contributed by atoms with E-state index in [-0.39, 0.29) is 18.9 Å². The van der Waals surface area contributed by atoms with Crippen LogP contribution in [0.3, 0.4) is 0 Å². The van der Waals surface area contributed by atoms with Crippen molar-refractivity contribution in [3.05, 3.63) is 48.6 Å². The summed E-state index contributed by atoms with van der Waals surface area (Å²) in [7, 11) is 0. The largest absolute Gasteiger partial charge is 0.460 e. The molecule has 1 amide bonds. The van der Waals surface area contributed by atoms with E-state index in [1.807, 2.05) is 12.1 Å². The molecular formula is C17H18N2O3. The quantitative estimate of drug-likeness (QED) is 0.618. The normalized spacial score (nSPS) is 20.2. The van der Waals surface area contributed by atoms with Crippen LogP contribution in [0.5, 0.6) is 0 Å². The number of carbonyl (C=O) groups is 2. The fraction of sp³-hybridized carbons (Fsp3) is 0.353. The number of ether oxygens (including phenoxy) is 1. The van der Waals surface area contributed by atoms with Crippen molar-refractivity contribution in [3.63, 3.8) is 0 Å². The molecule has 2 rings (SSSR count). The van der Waals surface area contributed by atoms with Gasteiger partial charge in [-0.1, -0.05) is 30.9 Å². The van der Waals surface area contributed by atoms with Crippen molar-refractivity contribution in [2.24, 2.45) is 0 Å². The van der Waals surface area contributed by atoms with Crippen LogP contribution in [0.2, 0.25) is 0 Å². The molecule has 5 nitrogen and oxygen atoms in total. The second-order valence-corrected chi connectivity index (χ2v) is 5.18. The van der Waals surface area contributed by atoms with Crippen LogP contribution in [0.1, 0.15) is 29.6 Å². The van der Waals surface area contributed by atoms with Crippen LogP contribution in [0.4, 0.5) is 0 Å². The third-order valence-electron chi connectivity index (χ3n) is 3.84. The third kappa shape index (κ3) is 2.86. The first-order valence-electron chi connectivity index (χ1n) is 7.18. The average Bonchev–Trinajstić information content (AvgIpc) is 2.98. The first-order chi connectivity index (χ1) is 10.7. The molecule has 0 N–H and O–H groups in total. The topological polar surface area (TPSA) is 70.4 Å². The van der Waals surface area contributed by atoms with E-state index in [1.165, 1.54) is 11.0 Å². The lowest BCUT2D eigenvalue weighted by atomic mass is 9.92. The maximum atomic E-state index is 12.7. The molecule has 0 saturated carbocycles. The summed E-state index contributed by atoms with van der Waals surface area (Å²) < 4.78 is 5.15. The summed E-state index contributed by atoms with van der Waals surface area (Å²) >= 11 is 0. The Hall–Kier alpha value is -2.61. The van der Waals surface area contributed by atoms with Gasteiger partial charge in [-0.2, -0.15) is 5.26 Å². The number of carbonyl (C=O) groups excluding carboxylic acids is 2. The smallest absolute Gasteiger partial charge is 0.333 e. The van der Waals surface area contributed by atoms with E-state index in [0.717, 1.165) is 0 Å². The van der Waals surface area contributed by atoms with E-state index < -0.39 is 11.5 Å². The van der Waals surface area contributed by atoms with Crippen molar-refractivity contribution in [2.45, 2.75) is 24.8 Å². The molecule has 0 aromatic heterocycles. The van der Waals surface area contributed by atoms with Gasteiger partial charge in [0.25, 0.3) is 5.91 Å². The Bertz CT molecular complexity index is 606. The number of likely N-dealkylation sites (tertiary alicyclic amines) is 1. The van der Waals surface area contributed by atoms with Gasteiger partial charge in [-0.15, -0.1) is 0 Å². The minimum Gasteiger partial charge on any atom is -0.460 e. The predicted molar refractivity (Wildman–Crippen MR) is 80.8 cm³/mol. The highest BCUT2D eigenvalue weighted by Crippen LogP contribution is 2.35. The van der Waals surface area contributed by atoms with Crippen LogP contribution < -0.4 is 0 Å². The van der Waals surface area contributed by atoms with Gasteiger partial charge in [0.15, 0.2) is 5.54 Å². The molecule has 1 saturated heterocycles. The Morgan fingerprint density at radius 2 is 2.14 bits per heavy atom. The van der Waals surface area contributed by atoms with Crippen molar-refractivity contribution in [1.82, 2.24) is 4.90 Å². The van der Waals surface area contributed by atoms with Gasteiger partial charge < -0.3 is 9.64 Å². The Morgan fingerprint density at radius 1 is 1.41 bits per heavy atom. The molecule has 1 atom stereocenters. The zero-order chi connectivity index (χ0) is 16.0. The summed E-state index contributed by atoms with van der Waals surface area (Å²) in [4.78, 5) is 26.6. The Balaban J connectivity index is 2.32. The number of benzene rings is 1. The van der Waals surface area contributed by atoms with Crippen molar-refractivity contribution in [1.29, 1.82) is 5.26 Å². The van der Waals surface area contributed by atoms with Gasteiger partial charge >= 0.3 is 5.97 Å². The SMILES string of the molecule is C=CCOC(=O)C1(CC#N)CCCN1C(=O)c1ccccc1. The standard InChI is InChI=1S/C17H18N2O3/c1-2-13-22-16(21)17(10-11-18)9-6-12-19(17)15(20)14-7-4-3-5-8-14/h2-5,7-8H,1,6,9-10,12-13H2. The van der Waals surface area contributed by atoms with Crippen molar-refractivity contribution in [3.8, 4) is 6.07 Å². The van der Waals surface area contributed by atoms with Gasteiger partial charge in [0.05, 0.1) is 12.5 Å². The molecule has 1 fully saturated rings. The zero-order valence-corrected chi connectivity index (χ0v) is 12.3. The summed E-state index contributed by atoms with van der Waals surface area (Å²) in [5, 5.41) is 9.12. The van der Waals surface area contributed by atoms with Crippen molar-refractivity contribution < 1.29 is 14.3 Å². The van der Waals surface area contributed by atoms with E-state index in [2.05, 4.69) is 6.58 Å². The molecule has 1 aliphatic heterocycles. The first-order valence-corrected chi connectivity index (χ1v) is 7.18. The number of hydrogen-bond donors (Lipinski definition) is 0. The highest BCUT2D eigenvalue weighted by molar-refractivity contribution is 5.98. The summed E-state index contributed by atoms with van der Waals surface area (Å²) in [6, 6.07) is 10.8. The minimum absolute atomic E-state index is 0.0679. The van der Waals surface area contributed by atoms with Gasteiger partial charge in [0, 0.05) is 12.1 Å². The molecular weight excluding hydrogens is 280 g/mol. The molecule has 114 valence electrons. The first kappa shape index (κ1) is 15.8. The highest BCUT2D eigenvalue weighted by Gasteiger charge is 2.51. The Morgan fingerprint density at radius 3 is 2.77 bits per heavy atom. The summed E-state index contributed by atoms with van der Waals surface area (Å²) in [5.74, 6) is -0.778. The monoisotopic (exact) mass is 298 g/mol. The molecule has 5 heteroatoms. The minimum atomic E-state index is -1.19. The Labute approximate surface area is 129 Å². The van der Waals surface area contributed by atoms with Crippen LogP contribution in [0.15, 0.2) is 43.0 Å². The van der Waals surface area contributed by atoms with Gasteiger partial charge in [0.2, 0.25) is 0 Å². The molecule has 1 heterocycles. The van der Waals surface area contributed by atoms with E-state index in [9.17, 15) is 9.59 Å². The highest BCUT2D eigenvalue weighted by atomic mass is 16.5. The van der Waals surface area contributed by atoms with Crippen molar-refractivity contribution >= 4 is 11.9 Å². The molecule has 1 unspecified atom stereocenters. The average molecular weight is 298 g/mol. The fourth-order valence-electron chi connectivity index (χ4n) is 2.78. The second kappa shape index (κ2) is 6.90. The number of nitrogens with zero attached hydrogens (tertiary/aromatic N) is 2. The van der Waals surface area contributed by atoms with E-state index in [4.69, 9.17) is 10.00 Å². The fourth-order valence-corrected chi connectivity index (χ4v) is 2.78. The van der Waals surface area contributed by atoms with E-state index >= 15 is 0 Å². The molecule has 1 aliphatic rings. The van der Waals surface area contributed by atoms with Crippen LogP contribution in [0, 0.1) is 11.3 Å². The summed E-state index contributed by atoms with van der Waals surface area (Å²) in [5.41, 5.74) is -0.687. The van der Waals surface area contributed by atoms with Crippen molar-refractivity contribution in [2.75, 3.05) is 13.2 Å². The number of nitriles is 1. The van der Waals surface area contributed by atoms with Crippen LogP contribution in [0.25, 0.3) is 0 Å². The lowest BCUT2D eigenvalue weighted by Gasteiger charge is -2.34. The summed E-state index contributed by atoms with van der Waals surface area (Å²) in [6.45, 7) is 4.02. The van der Waals surface area contributed by atoms with Gasteiger partial charge in [-0.25, -0.2) is 4.79 Å². The number of hydrogen-bond acceptors (Lipinski definition) is 4. The lowest BCUT2D eigenvalue weighted by molar-refractivity contribution is -0.153. The van der Waals surface area contributed by atoms with Gasteiger partial charge in [0.1, 0.15) is 6.61 Å². The number of rotatable bonds is 5. The van der Waals surface area contributed by atoms with Gasteiger partial charge in [-0.3, -0.25) is 4.79 Å². The maximum absolute atomic E-state index is 12.7. The maximum Gasteiger partial charge on any atom is 0.333 e. The van der Waals surface area contributed by atoms with Crippen LogP contribution in [-0.4, -0.2) is 35.5 Å². The molecule has 1 aromatic rings. The third-order valence-corrected chi connectivity index (χ3v) is 3.84. The number of amides is 1. The second-order valence-electron chi connectivity index (χ2n) is 5.18. The molecule has 0 spiro atoms. The molecule has 1 aromatic carbocycles. The zero-order valence-electron chi connectivity index (χ0n) is 12.3. The van der Waals surface area contributed by atoms with E-state index in [0.29, 0.717) is 24.9 Å². The molecule has 0 radical (unpaired) electrons. The molecule has 0 bridgehead atoms.